The fourth-order valence-corrected chi connectivity index (χ4v) is 7.85. The number of imidazole rings is 2. The number of nitrogens with two attached hydrogens (primary N) is 1. The number of aromatic nitrogens is 13. The molecule has 0 spiro atoms. The van der Waals surface area contributed by atoms with E-state index in [0.29, 0.717) is 42.4 Å². The number of fused-ring (bicyclic) bond motifs is 2. The van der Waals surface area contributed by atoms with Crippen LogP contribution in [0.1, 0.15) is 79.9 Å². The number of alkyl carbamates (subject to hydrolysis) is 1. The van der Waals surface area contributed by atoms with Crippen LogP contribution in [0.25, 0.3) is 22.3 Å². The monoisotopic (exact) mass is 1410 g/mol. The number of ketones is 1. The van der Waals surface area contributed by atoms with Crippen LogP contribution in [0, 0.1) is 34.6 Å². The smallest absolute Gasteiger partial charge is 0.407 e. The predicted octanol–water partition coefficient (Wildman–Crippen LogP) is 7.84. The second-order valence-corrected chi connectivity index (χ2v) is 22.0. The van der Waals surface area contributed by atoms with Gasteiger partial charge < -0.3 is 30.0 Å². The Balaban J connectivity index is 0.000000291. The van der Waals surface area contributed by atoms with Crippen molar-refractivity contribution in [3.8, 4) is 0 Å². The lowest BCUT2D eigenvalue weighted by Crippen LogP contribution is -2.37. The second-order valence-electron chi connectivity index (χ2n) is 20.8. The summed E-state index contributed by atoms with van der Waals surface area (Å²) in [6.45, 7) is 16.4. The number of hydrogen-bond acceptors (Lipinski definition) is 16. The number of aliphatic carboxylic acids is 1. The molecule has 9 rings (SSSR count). The summed E-state index contributed by atoms with van der Waals surface area (Å²) < 4.78 is 19.4. The highest BCUT2D eigenvalue weighted by molar-refractivity contribution is 14.1. The van der Waals surface area contributed by atoms with Crippen molar-refractivity contribution >= 4 is 90.3 Å². The van der Waals surface area contributed by atoms with E-state index in [4.69, 9.17) is 28.5 Å². The number of nitrogens with zero attached hydrogens (tertiary/aromatic N) is 13. The number of ether oxygens (including phenoxy) is 1. The quantitative estimate of drug-likeness (QED) is 0.0562. The molecule has 27 heteroatoms. The van der Waals surface area contributed by atoms with Gasteiger partial charge in [0, 0.05) is 103 Å². The predicted molar refractivity (Wildman–Crippen MR) is 354 cm³/mol. The highest BCUT2D eigenvalue weighted by Crippen LogP contribution is 2.11. The average Bonchev–Trinajstić information content (AvgIpc) is 2.12. The number of carboxylic acid groups (broad SMARTS) is 1. The first-order valence-electron chi connectivity index (χ1n) is 28.1. The summed E-state index contributed by atoms with van der Waals surface area (Å²) in [5.41, 5.74) is 12.6. The van der Waals surface area contributed by atoms with Crippen molar-refractivity contribution in [3.05, 3.63) is 201 Å². The molecule has 24 nitrogen and oxygen atoms in total. The van der Waals surface area contributed by atoms with Gasteiger partial charge in [0.25, 0.3) is 11.1 Å². The van der Waals surface area contributed by atoms with Crippen LogP contribution in [0.3, 0.4) is 0 Å². The van der Waals surface area contributed by atoms with E-state index in [1.165, 1.54) is 63.2 Å². The fourth-order valence-electron chi connectivity index (χ4n) is 7.51. The molecule has 0 aromatic carbocycles. The van der Waals surface area contributed by atoms with Crippen LogP contribution >= 0.6 is 50.1 Å². The van der Waals surface area contributed by atoms with Crippen LogP contribution in [-0.4, -0.2) is 109 Å². The van der Waals surface area contributed by atoms with E-state index < -0.39 is 34.1 Å². The van der Waals surface area contributed by atoms with Gasteiger partial charge in [-0.1, -0.05) is 64.5 Å². The molecule has 0 bridgehead atoms. The summed E-state index contributed by atoms with van der Waals surface area (Å²) in [5.74, 6) is -1.08. The van der Waals surface area contributed by atoms with Gasteiger partial charge in [0.15, 0.2) is 28.1 Å². The molecule has 1 amide bonds. The van der Waals surface area contributed by atoms with E-state index in [2.05, 4.69) is 62.2 Å². The molecule has 0 saturated carbocycles. The van der Waals surface area contributed by atoms with E-state index >= 15 is 0 Å². The van der Waals surface area contributed by atoms with Gasteiger partial charge in [0.05, 0.1) is 19.2 Å². The number of halogens is 3. The number of carbonyl (C=O) groups excluding carboxylic acids is 2. The van der Waals surface area contributed by atoms with E-state index in [1.807, 2.05) is 151 Å². The molecule has 0 aliphatic rings. The maximum absolute atomic E-state index is 12.4. The average molecular weight is 1410 g/mol. The third-order valence-corrected chi connectivity index (χ3v) is 12.8. The Hall–Kier alpha value is -8.08. The minimum atomic E-state index is -1.08. The SMILES string of the molecule is Cc1ccc(Br)nc1.Cc1ccc(CCCC(=O)Cn2cnc3c2c(=O)n(C)c(=O)n3C)nc1.Cc1ccc(CCN)nc1.Cc1ccc(CCNC(=O)OC(C)(C)C)nc1.Cc1ccc(Cl)nc1.Cn1c(=O)c2c(ncn2CC(=O)O)n(C)c1=O.[2H]CI. The summed E-state index contributed by atoms with van der Waals surface area (Å²) in [6, 6.07) is 19.6. The zero-order chi connectivity index (χ0) is 66.5. The maximum Gasteiger partial charge on any atom is 0.407 e. The molecule has 4 N–H and O–H groups in total. The number of carbonyl (C=O) groups is 3. The molecule has 0 fully saturated rings. The Labute approximate surface area is 539 Å². The zero-order valence-corrected chi connectivity index (χ0v) is 56.1. The van der Waals surface area contributed by atoms with Crippen molar-refractivity contribution in [2.24, 2.45) is 33.9 Å². The van der Waals surface area contributed by atoms with Gasteiger partial charge in [0.1, 0.15) is 21.9 Å². The number of rotatable bonds is 13. The van der Waals surface area contributed by atoms with E-state index in [-0.39, 0.29) is 47.3 Å². The van der Waals surface area contributed by atoms with Crippen LogP contribution < -0.4 is 33.5 Å². The minimum Gasteiger partial charge on any atom is -0.480 e. The number of carboxylic acids is 1. The third kappa shape index (κ3) is 25.0. The Morgan fingerprint density at radius 2 is 1.03 bits per heavy atom. The molecule has 9 heterocycles. The lowest BCUT2D eigenvalue weighted by Gasteiger charge is -2.19. The number of amides is 1. The number of nitrogens with one attached hydrogen (secondary N) is 1. The summed E-state index contributed by atoms with van der Waals surface area (Å²) in [5, 5.41) is 12.0. The summed E-state index contributed by atoms with van der Waals surface area (Å²) in [4.78, 5) is 111. The molecule has 0 saturated heterocycles. The summed E-state index contributed by atoms with van der Waals surface area (Å²) in [7, 11) is 5.78. The summed E-state index contributed by atoms with van der Waals surface area (Å²) in [6.07, 6.45) is 14.7. The van der Waals surface area contributed by atoms with E-state index in [0.717, 1.165) is 60.4 Å². The molecule has 0 atom stereocenters. The highest BCUT2D eigenvalue weighted by Gasteiger charge is 2.18. The van der Waals surface area contributed by atoms with Crippen LogP contribution in [0.15, 0.2) is 128 Å². The van der Waals surface area contributed by atoms with Gasteiger partial charge in [-0.15, -0.1) is 0 Å². The lowest BCUT2D eigenvalue weighted by atomic mass is 10.1. The van der Waals surface area contributed by atoms with Crippen molar-refractivity contribution in [1.29, 1.82) is 0 Å². The molecule has 88 heavy (non-hydrogen) atoms. The zero-order valence-electron chi connectivity index (χ0n) is 52.6. The summed E-state index contributed by atoms with van der Waals surface area (Å²) >= 11 is 10.7. The van der Waals surface area contributed by atoms with E-state index in [1.54, 1.807) is 19.3 Å². The molecular weight excluding hydrogens is 1330 g/mol. The molecule has 9 aromatic heterocycles. The molecule has 0 unspecified atom stereocenters. The first kappa shape index (κ1) is 72.4. The molecule has 472 valence electrons. The minimum absolute atomic E-state index is 0.00678. The van der Waals surface area contributed by atoms with Crippen LogP contribution in [0.2, 0.25) is 5.15 Å². The van der Waals surface area contributed by atoms with Crippen LogP contribution in [0.5, 0.6) is 0 Å². The van der Waals surface area contributed by atoms with Crippen molar-refractivity contribution in [1.82, 2.24) is 67.6 Å². The standard InChI is InChI=1S/C18H21N5O3.C13H20N2O2.C9H10N4O4.C8H12N2.C6H6BrN.C6H6ClN.CH3I/c1-12-7-8-13(19-9-12)5-4-6-14(24)10-23-11-20-16-15(23)17(25)22(3)18(26)21(16)2;1-10-5-6-11(15-9-10)7-8-14-12(16)17-13(2,3)4;1-11-7-6(8(16)12(2)9(11)17)13(4-10-7)3-5(14)15;1-7-2-3-8(4-5-9)10-6-7;2*1-5-2-3-6(7)8-4-5;1-2/h7-9,11H,4-6,10H2,1-3H3;5-6,9H,7-8H2,1-4H3,(H,14,16);4H,3H2,1-2H3,(H,14,15);2-3,6H,4-5,9H2,1H3;2*2-4H,1H3;1H3/i;;;;;;1D. The largest absolute Gasteiger partial charge is 0.480 e. The normalized spacial score (nSPS) is 10.6. The highest BCUT2D eigenvalue weighted by atomic mass is 127. The van der Waals surface area contributed by atoms with Gasteiger partial charge in [0.2, 0.25) is 0 Å². The van der Waals surface area contributed by atoms with Crippen molar-refractivity contribution in [2.45, 2.75) is 106 Å². The van der Waals surface area contributed by atoms with Gasteiger partial charge in [-0.05, 0) is 154 Å². The molecular formula is C61H78BrClIN15O9. The lowest BCUT2D eigenvalue weighted by molar-refractivity contribution is -0.137. The topological polar surface area (TPSA) is 307 Å². The first-order chi connectivity index (χ1) is 42.0. The number of alkyl halides is 1. The number of aryl methyl sites for hydroxylation is 8. The second kappa shape index (κ2) is 36.9. The Morgan fingerprint density at radius 3 is 1.40 bits per heavy atom. The van der Waals surface area contributed by atoms with Gasteiger partial charge in [-0.25, -0.2) is 34.3 Å². The van der Waals surface area contributed by atoms with Crippen molar-refractivity contribution in [3.63, 3.8) is 0 Å². The Morgan fingerprint density at radius 1 is 0.625 bits per heavy atom. The molecule has 9 aromatic rings. The van der Waals surface area contributed by atoms with Gasteiger partial charge >= 0.3 is 23.4 Å². The Kier molecular flexibility index (Phi) is 30.4. The first-order valence-corrected chi connectivity index (χ1v) is 30.1. The van der Waals surface area contributed by atoms with Crippen LogP contribution in [0.4, 0.5) is 4.79 Å². The number of pyridine rings is 5. The number of Topliss-reactive ketones (excluding diaryl/α,β-unsaturated/α-hetero) is 1. The third-order valence-electron chi connectivity index (χ3n) is 12.1. The van der Waals surface area contributed by atoms with Crippen LogP contribution in [-0.2, 0) is 74.9 Å². The molecule has 0 aliphatic carbocycles. The van der Waals surface area contributed by atoms with Crippen molar-refractivity contribution < 1.29 is 25.6 Å². The molecule has 0 radical (unpaired) electrons. The van der Waals surface area contributed by atoms with Gasteiger partial charge in [-0.3, -0.25) is 52.4 Å². The van der Waals surface area contributed by atoms with Gasteiger partial charge in [-0.2, -0.15) is 0 Å². The number of hydrogen-bond donors (Lipinski definition) is 3. The molecule has 0 aliphatic heterocycles. The van der Waals surface area contributed by atoms with Crippen molar-refractivity contribution in [2.75, 3.05) is 18.0 Å². The van der Waals surface area contributed by atoms with E-state index in [9.17, 15) is 33.6 Å². The fraction of sp³-hybridized carbons (Fsp3) is 0.377. The maximum atomic E-state index is 12.4. The Bertz CT molecular complexity index is 3860.